The highest BCUT2D eigenvalue weighted by Crippen LogP contribution is 2.33. The molecule has 1 aromatic carbocycles. The number of H-pyrrole nitrogens is 2. The summed E-state index contributed by atoms with van der Waals surface area (Å²) >= 11 is 0. The molecule has 0 aliphatic rings. The normalized spacial score (nSPS) is 10.9. The first kappa shape index (κ1) is 12.5. The molecule has 2 heterocycles. The van der Waals surface area contributed by atoms with Crippen LogP contribution in [0.5, 0.6) is 0 Å². The van der Waals surface area contributed by atoms with Crippen LogP contribution in [0, 0.1) is 13.8 Å². The SMILES string of the molecule is C=Cc1[nH]c(-c2[nH]c3ccccc3c2C)c(C)c1C=C. The molecule has 2 heteroatoms. The number of aromatic amines is 2. The molecule has 0 saturated heterocycles. The summed E-state index contributed by atoms with van der Waals surface area (Å²) in [5.74, 6) is 0. The first-order valence-electron chi connectivity index (χ1n) is 6.72. The van der Waals surface area contributed by atoms with Crippen LogP contribution in [0.1, 0.15) is 22.4 Å². The average molecular weight is 262 g/mol. The quantitative estimate of drug-likeness (QED) is 0.660. The molecule has 0 amide bonds. The van der Waals surface area contributed by atoms with Gasteiger partial charge in [-0.25, -0.2) is 0 Å². The van der Waals surface area contributed by atoms with Crippen LogP contribution in [-0.2, 0) is 0 Å². The standard InChI is InChI=1S/C18H18N2/c1-5-13-11(3)17(19-15(13)6-2)18-12(4)14-9-7-8-10-16(14)20-18/h5-10,19-20H,1-2H2,3-4H3. The maximum absolute atomic E-state index is 3.89. The number of para-hydroxylation sites is 1. The van der Waals surface area contributed by atoms with Gasteiger partial charge in [0.1, 0.15) is 0 Å². The fourth-order valence-electron chi connectivity index (χ4n) is 2.84. The van der Waals surface area contributed by atoms with E-state index in [1.807, 2.05) is 18.2 Å². The monoisotopic (exact) mass is 262 g/mol. The number of hydrogen-bond donors (Lipinski definition) is 2. The molecule has 2 N–H and O–H groups in total. The highest BCUT2D eigenvalue weighted by molar-refractivity contribution is 5.91. The molecule has 0 radical (unpaired) electrons. The summed E-state index contributed by atoms with van der Waals surface area (Å²) < 4.78 is 0. The Morgan fingerprint density at radius 1 is 0.900 bits per heavy atom. The van der Waals surface area contributed by atoms with E-state index in [-0.39, 0.29) is 0 Å². The second-order valence-corrected chi connectivity index (χ2v) is 5.03. The van der Waals surface area contributed by atoms with Crippen molar-refractivity contribution < 1.29 is 0 Å². The molecule has 0 aliphatic carbocycles. The van der Waals surface area contributed by atoms with Crippen LogP contribution >= 0.6 is 0 Å². The van der Waals surface area contributed by atoms with Crippen LogP contribution in [0.3, 0.4) is 0 Å². The lowest BCUT2D eigenvalue weighted by Crippen LogP contribution is -1.84. The lowest BCUT2D eigenvalue weighted by Gasteiger charge is -2.00. The summed E-state index contributed by atoms with van der Waals surface area (Å²) in [6.45, 7) is 12.0. The van der Waals surface area contributed by atoms with Crippen molar-refractivity contribution in [1.29, 1.82) is 0 Å². The Morgan fingerprint density at radius 3 is 2.20 bits per heavy atom. The highest BCUT2D eigenvalue weighted by atomic mass is 14.8. The predicted molar refractivity (Wildman–Crippen MR) is 87.7 cm³/mol. The van der Waals surface area contributed by atoms with Crippen LogP contribution in [0.25, 0.3) is 34.4 Å². The Morgan fingerprint density at radius 2 is 1.60 bits per heavy atom. The lowest BCUT2D eigenvalue weighted by atomic mass is 10.1. The van der Waals surface area contributed by atoms with Crippen molar-refractivity contribution in [1.82, 2.24) is 9.97 Å². The lowest BCUT2D eigenvalue weighted by molar-refractivity contribution is 1.29. The minimum Gasteiger partial charge on any atom is -0.353 e. The van der Waals surface area contributed by atoms with Gasteiger partial charge in [0, 0.05) is 22.2 Å². The van der Waals surface area contributed by atoms with Crippen molar-refractivity contribution in [3.05, 3.63) is 59.8 Å². The van der Waals surface area contributed by atoms with Gasteiger partial charge in [-0.3, -0.25) is 0 Å². The van der Waals surface area contributed by atoms with E-state index in [1.54, 1.807) is 0 Å². The summed E-state index contributed by atoms with van der Waals surface area (Å²) in [5.41, 5.74) is 8.01. The zero-order chi connectivity index (χ0) is 14.3. The Labute approximate surface area is 118 Å². The van der Waals surface area contributed by atoms with Gasteiger partial charge in [0.25, 0.3) is 0 Å². The first-order valence-corrected chi connectivity index (χ1v) is 6.72. The van der Waals surface area contributed by atoms with Crippen molar-refractivity contribution in [2.75, 3.05) is 0 Å². The van der Waals surface area contributed by atoms with Gasteiger partial charge in [0.05, 0.1) is 11.4 Å². The molecular formula is C18H18N2. The molecule has 0 aliphatic heterocycles. The molecule has 2 aromatic heterocycles. The zero-order valence-corrected chi connectivity index (χ0v) is 11.9. The van der Waals surface area contributed by atoms with Gasteiger partial charge in [-0.05, 0) is 37.1 Å². The molecule has 3 rings (SSSR count). The van der Waals surface area contributed by atoms with E-state index in [0.29, 0.717) is 0 Å². The largest absolute Gasteiger partial charge is 0.353 e. The minimum absolute atomic E-state index is 1.02. The van der Waals surface area contributed by atoms with Gasteiger partial charge >= 0.3 is 0 Å². The van der Waals surface area contributed by atoms with Crippen LogP contribution in [0.4, 0.5) is 0 Å². The van der Waals surface area contributed by atoms with E-state index in [1.165, 1.54) is 16.5 Å². The van der Waals surface area contributed by atoms with E-state index < -0.39 is 0 Å². The van der Waals surface area contributed by atoms with E-state index >= 15 is 0 Å². The topological polar surface area (TPSA) is 31.6 Å². The molecule has 0 unspecified atom stereocenters. The molecule has 0 bridgehead atoms. The smallest absolute Gasteiger partial charge is 0.0663 e. The second kappa shape index (κ2) is 4.57. The van der Waals surface area contributed by atoms with Crippen molar-refractivity contribution in [3.8, 4) is 11.4 Å². The van der Waals surface area contributed by atoms with Crippen molar-refractivity contribution in [3.63, 3.8) is 0 Å². The van der Waals surface area contributed by atoms with Crippen LogP contribution in [0.15, 0.2) is 37.4 Å². The molecule has 100 valence electrons. The fraction of sp³-hybridized carbons (Fsp3) is 0.111. The number of fused-ring (bicyclic) bond motifs is 1. The van der Waals surface area contributed by atoms with Gasteiger partial charge in [0.2, 0.25) is 0 Å². The Hall–Kier alpha value is -2.48. The molecule has 0 saturated carbocycles. The van der Waals surface area contributed by atoms with Crippen LogP contribution in [0.2, 0.25) is 0 Å². The van der Waals surface area contributed by atoms with E-state index in [9.17, 15) is 0 Å². The maximum Gasteiger partial charge on any atom is 0.0663 e. The summed E-state index contributed by atoms with van der Waals surface area (Å²) in [4.78, 5) is 6.96. The fourth-order valence-corrected chi connectivity index (χ4v) is 2.84. The maximum atomic E-state index is 3.89. The minimum atomic E-state index is 1.02. The predicted octanol–water partition coefficient (Wildman–Crippen LogP) is 5.07. The highest BCUT2D eigenvalue weighted by Gasteiger charge is 2.16. The number of hydrogen-bond acceptors (Lipinski definition) is 0. The third-order valence-electron chi connectivity index (χ3n) is 3.95. The van der Waals surface area contributed by atoms with Gasteiger partial charge in [-0.15, -0.1) is 0 Å². The van der Waals surface area contributed by atoms with Gasteiger partial charge in [0.15, 0.2) is 0 Å². The van der Waals surface area contributed by atoms with Gasteiger partial charge < -0.3 is 9.97 Å². The Balaban J connectivity index is 2.31. The summed E-state index contributed by atoms with van der Waals surface area (Å²) in [5, 5.41) is 1.26. The molecule has 0 fully saturated rings. The van der Waals surface area contributed by atoms with Crippen molar-refractivity contribution in [2.24, 2.45) is 0 Å². The Bertz CT molecular complexity index is 815. The van der Waals surface area contributed by atoms with E-state index in [0.717, 1.165) is 28.2 Å². The third-order valence-corrected chi connectivity index (χ3v) is 3.95. The van der Waals surface area contributed by atoms with E-state index in [4.69, 9.17) is 0 Å². The van der Waals surface area contributed by atoms with Crippen molar-refractivity contribution >= 4 is 23.1 Å². The summed E-state index contributed by atoms with van der Waals surface area (Å²) in [7, 11) is 0. The summed E-state index contributed by atoms with van der Waals surface area (Å²) in [6.07, 6.45) is 3.72. The molecule has 3 aromatic rings. The Kier molecular flexibility index (Phi) is 2.87. The third kappa shape index (κ3) is 1.65. The zero-order valence-electron chi connectivity index (χ0n) is 11.9. The average Bonchev–Trinajstić information content (AvgIpc) is 2.97. The number of nitrogens with one attached hydrogen (secondary N) is 2. The molecule has 0 atom stereocenters. The molecule has 2 nitrogen and oxygen atoms in total. The number of benzene rings is 1. The molecule has 20 heavy (non-hydrogen) atoms. The van der Waals surface area contributed by atoms with Crippen molar-refractivity contribution in [2.45, 2.75) is 13.8 Å². The second-order valence-electron chi connectivity index (χ2n) is 5.03. The first-order chi connectivity index (χ1) is 9.67. The van der Waals surface area contributed by atoms with Gasteiger partial charge in [-0.2, -0.15) is 0 Å². The number of aromatic nitrogens is 2. The van der Waals surface area contributed by atoms with Gasteiger partial charge in [-0.1, -0.05) is 37.4 Å². The number of rotatable bonds is 3. The molecular weight excluding hydrogens is 244 g/mol. The summed E-state index contributed by atoms with van der Waals surface area (Å²) in [6, 6.07) is 8.37. The molecule has 0 spiro atoms. The van der Waals surface area contributed by atoms with E-state index in [2.05, 4.69) is 55.2 Å². The van der Waals surface area contributed by atoms with Crippen LogP contribution < -0.4 is 0 Å². The van der Waals surface area contributed by atoms with Crippen LogP contribution in [-0.4, -0.2) is 9.97 Å². The number of aryl methyl sites for hydroxylation is 1.